The van der Waals surface area contributed by atoms with Gasteiger partial charge in [0.05, 0.1) is 0 Å². The number of rotatable bonds is 3. The second-order valence-electron chi connectivity index (χ2n) is 4.45. The van der Waals surface area contributed by atoms with Crippen LogP contribution in [0.5, 0.6) is 5.75 Å². The summed E-state index contributed by atoms with van der Waals surface area (Å²) in [6, 6.07) is 13.4. The Kier molecular flexibility index (Phi) is 3.76. The van der Waals surface area contributed by atoms with Crippen LogP contribution in [0.4, 0.5) is 0 Å². The highest BCUT2D eigenvalue weighted by atomic mass is 79.9. The predicted octanol–water partition coefficient (Wildman–Crippen LogP) is 3.32. The zero-order valence-corrected chi connectivity index (χ0v) is 13.4. The van der Waals surface area contributed by atoms with E-state index in [1.54, 1.807) is 24.3 Å². The van der Waals surface area contributed by atoms with Gasteiger partial charge in [-0.3, -0.25) is 0 Å². The van der Waals surface area contributed by atoms with E-state index in [1.807, 2.05) is 0 Å². The fourth-order valence-corrected chi connectivity index (χ4v) is 3.24. The molecule has 0 saturated carbocycles. The average molecular weight is 381 g/mol. The first kappa shape index (κ1) is 14.8. The van der Waals surface area contributed by atoms with Crippen molar-refractivity contribution in [3.05, 3.63) is 69.5 Å². The van der Waals surface area contributed by atoms with Crippen LogP contribution < -0.4 is 9.81 Å². The molecule has 0 spiro atoms. The second-order valence-corrected chi connectivity index (χ2v) is 6.91. The van der Waals surface area contributed by atoms with Crippen LogP contribution in [-0.2, 0) is 10.1 Å². The fraction of sp³-hybridized carbons (Fsp3) is 0. The molecule has 0 radical (unpaired) electrons. The quantitative estimate of drug-likeness (QED) is 0.514. The average Bonchev–Trinajstić information content (AvgIpc) is 2.46. The molecule has 1 heterocycles. The van der Waals surface area contributed by atoms with Crippen molar-refractivity contribution in [3.8, 4) is 5.75 Å². The van der Waals surface area contributed by atoms with E-state index in [9.17, 15) is 13.2 Å². The van der Waals surface area contributed by atoms with E-state index >= 15 is 0 Å². The number of benzene rings is 2. The lowest BCUT2D eigenvalue weighted by Gasteiger charge is -2.07. The van der Waals surface area contributed by atoms with Crippen LogP contribution in [0.3, 0.4) is 0 Å². The molecule has 0 unspecified atom stereocenters. The van der Waals surface area contributed by atoms with Gasteiger partial charge in [-0.05, 0) is 42.5 Å². The number of hydrogen-bond donors (Lipinski definition) is 0. The van der Waals surface area contributed by atoms with Crippen molar-refractivity contribution in [2.24, 2.45) is 0 Å². The minimum absolute atomic E-state index is 0.0196. The maximum atomic E-state index is 12.3. The highest BCUT2D eigenvalue weighted by Gasteiger charge is 2.17. The lowest BCUT2D eigenvalue weighted by Crippen LogP contribution is -2.09. The molecule has 7 heteroatoms. The van der Waals surface area contributed by atoms with Crippen molar-refractivity contribution in [3.63, 3.8) is 0 Å². The molecule has 0 aliphatic heterocycles. The largest absolute Gasteiger partial charge is 0.423 e. The summed E-state index contributed by atoms with van der Waals surface area (Å²) in [5.41, 5.74) is -0.178. The Hall–Kier alpha value is -2.12. The molecular weight excluding hydrogens is 372 g/mol. The summed E-state index contributed by atoms with van der Waals surface area (Å²) in [7, 11) is -3.97. The highest BCUT2D eigenvalue weighted by Crippen LogP contribution is 2.24. The molecule has 0 fully saturated rings. The Balaban J connectivity index is 2.01. The smallest absolute Gasteiger partial charge is 0.339 e. The summed E-state index contributed by atoms with van der Waals surface area (Å²) in [5.74, 6) is 0.203. The van der Waals surface area contributed by atoms with Gasteiger partial charge in [0.2, 0.25) is 0 Å². The summed E-state index contributed by atoms with van der Waals surface area (Å²) in [4.78, 5) is 11.1. The van der Waals surface area contributed by atoms with Crippen LogP contribution in [0.25, 0.3) is 11.0 Å². The minimum atomic E-state index is -3.97. The molecule has 0 amide bonds. The fourth-order valence-electron chi connectivity index (χ4n) is 1.90. The molecule has 5 nitrogen and oxygen atoms in total. The van der Waals surface area contributed by atoms with E-state index in [-0.39, 0.29) is 10.6 Å². The molecule has 0 saturated heterocycles. The molecule has 0 N–H and O–H groups in total. The first-order valence-electron chi connectivity index (χ1n) is 6.18. The van der Waals surface area contributed by atoms with Crippen LogP contribution >= 0.6 is 15.9 Å². The Labute approximate surface area is 134 Å². The normalized spacial score (nSPS) is 11.5. The number of halogens is 1. The standard InChI is InChI=1S/C15H9BrO5S/c16-11-2-1-3-12(9-11)21-22(18,19)13-5-6-14-10(8-13)4-7-15(17)20-14/h1-9H. The topological polar surface area (TPSA) is 73.6 Å². The van der Waals surface area contributed by atoms with Crippen LogP contribution in [0.2, 0.25) is 0 Å². The van der Waals surface area contributed by atoms with E-state index in [0.29, 0.717) is 15.4 Å². The first-order chi connectivity index (χ1) is 10.4. The second kappa shape index (κ2) is 5.58. The summed E-state index contributed by atoms with van der Waals surface area (Å²) in [6.45, 7) is 0. The van der Waals surface area contributed by atoms with Gasteiger partial charge in [-0.1, -0.05) is 22.0 Å². The van der Waals surface area contributed by atoms with E-state index < -0.39 is 15.7 Å². The molecule has 3 aromatic rings. The third kappa shape index (κ3) is 3.05. The molecule has 112 valence electrons. The van der Waals surface area contributed by atoms with Crippen LogP contribution in [-0.4, -0.2) is 8.42 Å². The molecule has 22 heavy (non-hydrogen) atoms. The lowest BCUT2D eigenvalue weighted by atomic mass is 10.2. The van der Waals surface area contributed by atoms with Crippen molar-refractivity contribution in [2.75, 3.05) is 0 Å². The van der Waals surface area contributed by atoms with Gasteiger partial charge in [-0.2, -0.15) is 8.42 Å². The van der Waals surface area contributed by atoms with E-state index in [1.165, 1.54) is 30.3 Å². The highest BCUT2D eigenvalue weighted by molar-refractivity contribution is 9.10. The Morgan fingerprint density at radius 3 is 2.59 bits per heavy atom. The van der Waals surface area contributed by atoms with Crippen molar-refractivity contribution in [1.82, 2.24) is 0 Å². The molecular formula is C15H9BrO5S. The number of hydrogen-bond acceptors (Lipinski definition) is 5. The molecule has 0 atom stereocenters. The van der Waals surface area contributed by atoms with Gasteiger partial charge < -0.3 is 8.60 Å². The SMILES string of the molecule is O=c1ccc2cc(S(=O)(=O)Oc3cccc(Br)c3)ccc2o1. The van der Waals surface area contributed by atoms with Crippen LogP contribution in [0, 0.1) is 0 Å². The molecule has 1 aromatic heterocycles. The Morgan fingerprint density at radius 1 is 1.00 bits per heavy atom. The molecule has 0 aliphatic rings. The van der Waals surface area contributed by atoms with E-state index in [2.05, 4.69) is 15.9 Å². The van der Waals surface area contributed by atoms with Crippen LogP contribution in [0.1, 0.15) is 0 Å². The third-order valence-electron chi connectivity index (χ3n) is 2.88. The van der Waals surface area contributed by atoms with E-state index in [0.717, 1.165) is 0 Å². The summed E-state index contributed by atoms with van der Waals surface area (Å²) in [6.07, 6.45) is 0. The molecule has 2 aromatic carbocycles. The zero-order valence-electron chi connectivity index (χ0n) is 11.0. The Bertz CT molecular complexity index is 1010. The summed E-state index contributed by atoms with van der Waals surface area (Å²) in [5, 5.41) is 0.499. The van der Waals surface area contributed by atoms with Gasteiger partial charge in [0, 0.05) is 15.9 Å². The van der Waals surface area contributed by atoms with Gasteiger partial charge in [0.1, 0.15) is 16.2 Å². The first-order valence-corrected chi connectivity index (χ1v) is 8.38. The molecule has 3 rings (SSSR count). The van der Waals surface area contributed by atoms with Gasteiger partial charge >= 0.3 is 15.7 Å². The van der Waals surface area contributed by atoms with Gasteiger partial charge in [-0.15, -0.1) is 0 Å². The summed E-state index contributed by atoms with van der Waals surface area (Å²) < 4.78 is 35.4. The molecule has 0 aliphatic carbocycles. The predicted molar refractivity (Wildman–Crippen MR) is 84.4 cm³/mol. The van der Waals surface area contributed by atoms with Crippen molar-refractivity contribution < 1.29 is 17.0 Å². The monoisotopic (exact) mass is 380 g/mol. The van der Waals surface area contributed by atoms with Crippen LogP contribution in [0.15, 0.2) is 73.2 Å². The molecule has 0 bridgehead atoms. The van der Waals surface area contributed by atoms with Gasteiger partial charge in [-0.25, -0.2) is 4.79 Å². The Morgan fingerprint density at radius 2 is 1.82 bits per heavy atom. The zero-order chi connectivity index (χ0) is 15.7. The van der Waals surface area contributed by atoms with Crippen molar-refractivity contribution in [2.45, 2.75) is 4.90 Å². The van der Waals surface area contributed by atoms with Gasteiger partial charge in [0.25, 0.3) is 0 Å². The van der Waals surface area contributed by atoms with Crippen molar-refractivity contribution in [1.29, 1.82) is 0 Å². The van der Waals surface area contributed by atoms with Crippen molar-refractivity contribution >= 4 is 37.0 Å². The summed E-state index contributed by atoms with van der Waals surface area (Å²) >= 11 is 3.25. The lowest BCUT2D eigenvalue weighted by molar-refractivity contribution is 0.486. The number of fused-ring (bicyclic) bond motifs is 1. The van der Waals surface area contributed by atoms with E-state index in [4.69, 9.17) is 8.60 Å². The third-order valence-corrected chi connectivity index (χ3v) is 4.62. The maximum Gasteiger partial charge on any atom is 0.339 e. The maximum absolute atomic E-state index is 12.3. The minimum Gasteiger partial charge on any atom is -0.423 e. The van der Waals surface area contributed by atoms with Gasteiger partial charge in [0.15, 0.2) is 0 Å².